The van der Waals surface area contributed by atoms with E-state index in [1.54, 1.807) is 0 Å². The molecule has 0 aromatic heterocycles. The number of carbonyl (C=O) groups excluding carboxylic acids is 2. The largest absolute Gasteiger partial charge is 0.486 e. The molecular formula is C23H31NO3. The van der Waals surface area contributed by atoms with Crippen LogP contribution < -0.4 is 4.74 Å². The number of hydrogen-bond acceptors (Lipinski definition) is 3. The SMILES string of the molecule is Cc1ccc2c(c1C)OC1(CCN(C(=O)CC3CCCCC3)CC1)CC2=O. The van der Waals surface area contributed by atoms with E-state index in [-0.39, 0.29) is 5.78 Å². The van der Waals surface area contributed by atoms with Crippen LogP contribution in [0.5, 0.6) is 5.75 Å². The first-order valence-corrected chi connectivity index (χ1v) is 10.6. The van der Waals surface area contributed by atoms with Crippen LogP contribution in [-0.4, -0.2) is 35.3 Å². The van der Waals surface area contributed by atoms with Gasteiger partial charge in [-0.05, 0) is 49.8 Å². The lowest BCUT2D eigenvalue weighted by Gasteiger charge is -2.44. The Balaban J connectivity index is 1.41. The highest BCUT2D eigenvalue weighted by Crippen LogP contribution is 2.42. The fraction of sp³-hybridized carbons (Fsp3) is 0.652. The van der Waals surface area contributed by atoms with Crippen LogP contribution in [0.3, 0.4) is 0 Å². The molecule has 1 amide bonds. The molecule has 3 aliphatic rings. The van der Waals surface area contributed by atoms with Crippen molar-refractivity contribution in [1.29, 1.82) is 0 Å². The molecule has 0 N–H and O–H groups in total. The molecule has 4 heteroatoms. The molecule has 2 fully saturated rings. The molecule has 1 saturated heterocycles. The average Bonchev–Trinajstić information content (AvgIpc) is 2.66. The van der Waals surface area contributed by atoms with Crippen LogP contribution in [0.2, 0.25) is 0 Å². The summed E-state index contributed by atoms with van der Waals surface area (Å²) in [7, 11) is 0. The number of nitrogens with zero attached hydrogens (tertiary/aromatic N) is 1. The van der Waals surface area contributed by atoms with Gasteiger partial charge in [0.05, 0.1) is 12.0 Å². The highest BCUT2D eigenvalue weighted by molar-refractivity contribution is 6.01. The van der Waals surface area contributed by atoms with Crippen LogP contribution in [0.4, 0.5) is 0 Å². The predicted molar refractivity (Wildman–Crippen MR) is 105 cm³/mol. The molecule has 0 bridgehead atoms. The van der Waals surface area contributed by atoms with Gasteiger partial charge in [-0.3, -0.25) is 9.59 Å². The first-order chi connectivity index (χ1) is 13.0. The number of fused-ring (bicyclic) bond motifs is 1. The second kappa shape index (κ2) is 7.29. The summed E-state index contributed by atoms with van der Waals surface area (Å²) >= 11 is 0. The molecule has 0 atom stereocenters. The van der Waals surface area contributed by atoms with Crippen LogP contribution in [0.1, 0.15) is 79.3 Å². The van der Waals surface area contributed by atoms with E-state index in [1.807, 2.05) is 24.0 Å². The number of rotatable bonds is 2. The van der Waals surface area contributed by atoms with Crippen molar-refractivity contribution in [3.8, 4) is 5.75 Å². The highest BCUT2D eigenvalue weighted by atomic mass is 16.5. The second-order valence-corrected chi connectivity index (χ2v) is 8.86. The van der Waals surface area contributed by atoms with Crippen molar-refractivity contribution in [2.45, 2.75) is 77.2 Å². The molecule has 146 valence electrons. The summed E-state index contributed by atoms with van der Waals surface area (Å²) in [4.78, 5) is 27.5. The molecule has 1 aromatic carbocycles. The standard InChI is InChI=1S/C23H31NO3/c1-16-8-9-19-20(25)15-23(27-22(19)17(16)2)10-12-24(13-11-23)21(26)14-18-6-4-3-5-7-18/h8-9,18H,3-7,10-15H2,1-2H3. The van der Waals surface area contributed by atoms with Crippen LogP contribution in [0, 0.1) is 19.8 Å². The summed E-state index contributed by atoms with van der Waals surface area (Å²) in [5.74, 6) is 1.83. The smallest absolute Gasteiger partial charge is 0.222 e. The van der Waals surface area contributed by atoms with Gasteiger partial charge in [0.15, 0.2) is 5.78 Å². The van der Waals surface area contributed by atoms with Crippen molar-refractivity contribution in [1.82, 2.24) is 4.90 Å². The van der Waals surface area contributed by atoms with Crippen molar-refractivity contribution in [2.75, 3.05) is 13.1 Å². The molecule has 1 spiro atoms. The van der Waals surface area contributed by atoms with Gasteiger partial charge in [0.2, 0.25) is 5.91 Å². The maximum Gasteiger partial charge on any atom is 0.222 e. The Morgan fingerprint density at radius 3 is 2.56 bits per heavy atom. The van der Waals surface area contributed by atoms with Crippen LogP contribution in [0.15, 0.2) is 12.1 Å². The van der Waals surface area contributed by atoms with Crippen LogP contribution >= 0.6 is 0 Å². The van der Waals surface area contributed by atoms with E-state index in [0.717, 1.165) is 35.3 Å². The zero-order chi connectivity index (χ0) is 19.0. The number of ether oxygens (including phenoxy) is 1. The Hall–Kier alpha value is -1.84. The molecular weight excluding hydrogens is 338 g/mol. The second-order valence-electron chi connectivity index (χ2n) is 8.86. The number of likely N-dealkylation sites (tertiary alicyclic amines) is 1. The predicted octanol–water partition coefficient (Wildman–Crippen LogP) is 4.60. The third-order valence-electron chi connectivity index (χ3n) is 6.99. The van der Waals surface area contributed by atoms with Gasteiger partial charge in [-0.15, -0.1) is 0 Å². The third kappa shape index (κ3) is 3.63. The fourth-order valence-electron chi connectivity index (χ4n) is 4.99. The summed E-state index contributed by atoms with van der Waals surface area (Å²) in [6, 6.07) is 3.90. The summed E-state index contributed by atoms with van der Waals surface area (Å²) < 4.78 is 6.46. The van der Waals surface area contributed by atoms with Gasteiger partial charge < -0.3 is 9.64 Å². The summed E-state index contributed by atoms with van der Waals surface area (Å²) in [5, 5.41) is 0. The monoisotopic (exact) mass is 369 g/mol. The van der Waals surface area contributed by atoms with Gasteiger partial charge >= 0.3 is 0 Å². The lowest BCUT2D eigenvalue weighted by atomic mass is 9.81. The minimum absolute atomic E-state index is 0.182. The molecule has 4 nitrogen and oxygen atoms in total. The Bertz CT molecular complexity index is 740. The van der Waals surface area contributed by atoms with E-state index < -0.39 is 5.60 Å². The van der Waals surface area contributed by atoms with E-state index in [2.05, 4.69) is 6.92 Å². The minimum atomic E-state index is -0.426. The molecule has 0 radical (unpaired) electrons. The van der Waals surface area contributed by atoms with E-state index >= 15 is 0 Å². The van der Waals surface area contributed by atoms with Crippen LogP contribution in [-0.2, 0) is 4.79 Å². The fourth-order valence-corrected chi connectivity index (χ4v) is 4.99. The Kier molecular flexibility index (Phi) is 5.00. The Morgan fingerprint density at radius 1 is 1.15 bits per heavy atom. The summed E-state index contributed by atoms with van der Waals surface area (Å²) in [5.41, 5.74) is 2.51. The van der Waals surface area contributed by atoms with E-state index in [1.165, 1.54) is 32.1 Å². The summed E-state index contributed by atoms with van der Waals surface area (Å²) in [6.45, 7) is 5.50. The van der Waals surface area contributed by atoms with Gasteiger partial charge in [-0.25, -0.2) is 0 Å². The molecule has 1 aromatic rings. The van der Waals surface area contributed by atoms with Crippen LogP contribution in [0.25, 0.3) is 0 Å². The van der Waals surface area contributed by atoms with E-state index in [4.69, 9.17) is 4.74 Å². The van der Waals surface area contributed by atoms with Crippen molar-refractivity contribution in [3.63, 3.8) is 0 Å². The van der Waals surface area contributed by atoms with Crippen molar-refractivity contribution in [3.05, 3.63) is 28.8 Å². The number of carbonyl (C=O) groups is 2. The zero-order valence-corrected chi connectivity index (χ0v) is 16.7. The quantitative estimate of drug-likeness (QED) is 0.765. The van der Waals surface area contributed by atoms with Crippen molar-refractivity contribution in [2.24, 2.45) is 5.92 Å². The Morgan fingerprint density at radius 2 is 1.85 bits per heavy atom. The number of hydrogen-bond donors (Lipinski definition) is 0. The number of Topliss-reactive ketones (excluding diaryl/α,β-unsaturated/α-hetero) is 1. The molecule has 1 saturated carbocycles. The Labute approximate surface area is 162 Å². The number of benzene rings is 1. The molecule has 2 heterocycles. The van der Waals surface area contributed by atoms with Gasteiger partial charge in [0, 0.05) is 32.4 Å². The molecule has 2 aliphatic heterocycles. The minimum Gasteiger partial charge on any atom is -0.486 e. The molecule has 1 aliphatic carbocycles. The maximum atomic E-state index is 12.7. The normalized spacial score (nSPS) is 22.4. The van der Waals surface area contributed by atoms with Gasteiger partial charge in [-0.2, -0.15) is 0 Å². The van der Waals surface area contributed by atoms with Gasteiger partial charge in [-0.1, -0.05) is 25.3 Å². The lowest BCUT2D eigenvalue weighted by Crippen LogP contribution is -2.52. The number of aryl methyl sites for hydroxylation is 1. The van der Waals surface area contributed by atoms with Gasteiger partial charge in [0.1, 0.15) is 11.4 Å². The topological polar surface area (TPSA) is 46.6 Å². The molecule has 27 heavy (non-hydrogen) atoms. The highest BCUT2D eigenvalue weighted by Gasteiger charge is 2.44. The molecule has 4 rings (SSSR count). The average molecular weight is 370 g/mol. The first kappa shape index (κ1) is 18.5. The van der Waals surface area contributed by atoms with Crippen molar-refractivity contribution >= 4 is 11.7 Å². The zero-order valence-electron chi connectivity index (χ0n) is 16.7. The lowest BCUT2D eigenvalue weighted by molar-refractivity contribution is -0.136. The van der Waals surface area contributed by atoms with E-state index in [0.29, 0.717) is 37.8 Å². The third-order valence-corrected chi connectivity index (χ3v) is 6.99. The summed E-state index contributed by atoms with van der Waals surface area (Å²) in [6.07, 6.45) is 8.92. The van der Waals surface area contributed by atoms with Crippen molar-refractivity contribution < 1.29 is 14.3 Å². The first-order valence-electron chi connectivity index (χ1n) is 10.6. The number of amides is 1. The van der Waals surface area contributed by atoms with E-state index in [9.17, 15) is 9.59 Å². The number of piperidine rings is 1. The molecule has 0 unspecified atom stereocenters. The maximum absolute atomic E-state index is 12.7. The van der Waals surface area contributed by atoms with Gasteiger partial charge in [0.25, 0.3) is 0 Å². The number of ketones is 1.